The maximum absolute atomic E-state index is 12.8. The topological polar surface area (TPSA) is 109 Å². The van der Waals surface area contributed by atoms with E-state index in [0.717, 1.165) is 11.1 Å². The number of amides is 2. The summed E-state index contributed by atoms with van der Waals surface area (Å²) in [4.78, 5) is 39.3. The Hall–Kier alpha value is -4.50. The molecule has 0 aliphatic carbocycles. The second-order valence-electron chi connectivity index (χ2n) is 8.80. The molecule has 9 nitrogen and oxygen atoms in total. The highest BCUT2D eigenvalue weighted by Crippen LogP contribution is 2.31. The van der Waals surface area contributed by atoms with Crippen LogP contribution < -0.4 is 15.4 Å². The first-order valence-electron chi connectivity index (χ1n) is 12.1. The monoisotopic (exact) mass is 528 g/mol. The van der Waals surface area contributed by atoms with E-state index in [1.807, 2.05) is 36.4 Å². The standard InChI is InChI=1S/C28H25ClN6O3/c1-2-26(36)35-12-10-18(15-35)28(37)34-19-6-8-24-22(13-19)27(32-17-31-24)33-20-7-9-25(23(29)14-20)38-16-21-5-3-4-11-30-21/h2-9,11,13-14,17-18H,1,10,12,15-16H2,(H,34,37)(H,31,32,33). The number of aromatic nitrogens is 3. The predicted molar refractivity (Wildman–Crippen MR) is 146 cm³/mol. The van der Waals surface area contributed by atoms with Gasteiger partial charge in [-0.15, -0.1) is 0 Å². The first kappa shape index (κ1) is 25.2. The number of carbonyl (C=O) groups excluding carboxylic acids is 2. The van der Waals surface area contributed by atoms with E-state index in [1.165, 1.54) is 12.4 Å². The lowest BCUT2D eigenvalue weighted by atomic mass is 10.1. The van der Waals surface area contributed by atoms with Crippen molar-refractivity contribution in [2.24, 2.45) is 5.92 Å². The lowest BCUT2D eigenvalue weighted by Gasteiger charge is -2.15. The van der Waals surface area contributed by atoms with Crippen molar-refractivity contribution in [2.75, 3.05) is 23.7 Å². The van der Waals surface area contributed by atoms with E-state index in [4.69, 9.17) is 16.3 Å². The molecule has 2 aromatic heterocycles. The van der Waals surface area contributed by atoms with Crippen molar-refractivity contribution in [2.45, 2.75) is 13.0 Å². The van der Waals surface area contributed by atoms with Gasteiger partial charge >= 0.3 is 0 Å². The number of halogens is 1. The van der Waals surface area contributed by atoms with E-state index < -0.39 is 0 Å². The van der Waals surface area contributed by atoms with Crippen LogP contribution in [0.5, 0.6) is 5.75 Å². The first-order valence-corrected chi connectivity index (χ1v) is 12.4. The van der Waals surface area contributed by atoms with Gasteiger partial charge in [0.15, 0.2) is 0 Å². The SMILES string of the molecule is C=CC(=O)N1CCC(C(=O)Nc2ccc3ncnc(Nc4ccc(OCc5ccccn5)c(Cl)c4)c3c2)C1. The van der Waals surface area contributed by atoms with Crippen LogP contribution in [-0.4, -0.2) is 44.8 Å². The molecule has 2 amide bonds. The molecule has 5 rings (SSSR count). The van der Waals surface area contributed by atoms with Crippen molar-refractivity contribution in [3.63, 3.8) is 0 Å². The molecule has 1 aliphatic rings. The molecule has 3 heterocycles. The minimum absolute atomic E-state index is 0.136. The molecule has 192 valence electrons. The summed E-state index contributed by atoms with van der Waals surface area (Å²) in [5.41, 5.74) is 2.85. The molecule has 1 atom stereocenters. The fourth-order valence-corrected chi connectivity index (χ4v) is 4.48. The lowest BCUT2D eigenvalue weighted by molar-refractivity contribution is -0.125. The quantitative estimate of drug-likeness (QED) is 0.311. The summed E-state index contributed by atoms with van der Waals surface area (Å²) < 4.78 is 5.80. The Morgan fingerprint density at radius 1 is 1.11 bits per heavy atom. The molecule has 1 saturated heterocycles. The Bertz CT molecular complexity index is 1500. The Kier molecular flexibility index (Phi) is 7.46. The van der Waals surface area contributed by atoms with E-state index in [2.05, 4.69) is 32.2 Å². The molecule has 2 aromatic carbocycles. The molecule has 10 heteroatoms. The molecular formula is C28H25ClN6O3. The number of anilines is 3. The first-order chi connectivity index (χ1) is 18.5. The third kappa shape index (κ3) is 5.73. The highest BCUT2D eigenvalue weighted by molar-refractivity contribution is 6.32. The fourth-order valence-electron chi connectivity index (χ4n) is 4.25. The Morgan fingerprint density at radius 2 is 1.97 bits per heavy atom. The molecular weight excluding hydrogens is 504 g/mol. The average molecular weight is 529 g/mol. The van der Waals surface area contributed by atoms with Crippen molar-refractivity contribution >= 4 is 51.5 Å². The summed E-state index contributed by atoms with van der Waals surface area (Å²) in [6, 6.07) is 16.5. The van der Waals surface area contributed by atoms with Gasteiger partial charge in [0.2, 0.25) is 11.8 Å². The number of rotatable bonds is 8. The molecule has 38 heavy (non-hydrogen) atoms. The van der Waals surface area contributed by atoms with Crippen LogP contribution in [-0.2, 0) is 16.2 Å². The highest BCUT2D eigenvalue weighted by atomic mass is 35.5. The number of hydrogen-bond donors (Lipinski definition) is 2. The van der Waals surface area contributed by atoms with Crippen LogP contribution in [0.3, 0.4) is 0 Å². The Balaban J connectivity index is 1.29. The maximum Gasteiger partial charge on any atom is 0.245 e. The fraction of sp³-hybridized carbons (Fsp3) is 0.179. The normalized spacial score (nSPS) is 14.8. The van der Waals surface area contributed by atoms with Gasteiger partial charge in [-0.3, -0.25) is 14.6 Å². The zero-order valence-electron chi connectivity index (χ0n) is 20.4. The van der Waals surface area contributed by atoms with Gasteiger partial charge in [0, 0.05) is 36.0 Å². The second-order valence-corrected chi connectivity index (χ2v) is 9.20. The predicted octanol–water partition coefficient (Wildman–Crippen LogP) is 4.97. The Labute approximate surface area is 224 Å². The minimum atomic E-state index is -0.278. The zero-order valence-corrected chi connectivity index (χ0v) is 21.2. The third-order valence-electron chi connectivity index (χ3n) is 6.24. The van der Waals surface area contributed by atoms with E-state index in [1.54, 1.807) is 29.3 Å². The number of ether oxygens (including phenoxy) is 1. The van der Waals surface area contributed by atoms with E-state index in [9.17, 15) is 9.59 Å². The van der Waals surface area contributed by atoms with Gasteiger partial charge in [-0.1, -0.05) is 24.2 Å². The summed E-state index contributed by atoms with van der Waals surface area (Å²) in [5.74, 6) is 0.531. The molecule has 2 N–H and O–H groups in total. The summed E-state index contributed by atoms with van der Waals surface area (Å²) in [6.07, 6.45) is 5.06. The largest absolute Gasteiger partial charge is 0.486 e. The Morgan fingerprint density at radius 3 is 2.76 bits per heavy atom. The maximum atomic E-state index is 12.8. The number of benzene rings is 2. The number of nitrogens with one attached hydrogen (secondary N) is 2. The molecule has 1 unspecified atom stereocenters. The van der Waals surface area contributed by atoms with Gasteiger partial charge in [-0.05, 0) is 61.0 Å². The van der Waals surface area contributed by atoms with E-state index in [-0.39, 0.29) is 17.7 Å². The van der Waals surface area contributed by atoms with Crippen LogP contribution in [0.1, 0.15) is 12.1 Å². The van der Waals surface area contributed by atoms with E-state index >= 15 is 0 Å². The van der Waals surface area contributed by atoms with Crippen LogP contribution in [0.15, 0.2) is 79.8 Å². The number of hydrogen-bond acceptors (Lipinski definition) is 7. The smallest absolute Gasteiger partial charge is 0.245 e. The van der Waals surface area contributed by atoms with Crippen molar-refractivity contribution in [1.82, 2.24) is 19.9 Å². The van der Waals surface area contributed by atoms with Crippen LogP contribution in [0.2, 0.25) is 5.02 Å². The highest BCUT2D eigenvalue weighted by Gasteiger charge is 2.30. The van der Waals surface area contributed by atoms with Gasteiger partial charge in [-0.2, -0.15) is 0 Å². The van der Waals surface area contributed by atoms with Crippen molar-refractivity contribution < 1.29 is 14.3 Å². The summed E-state index contributed by atoms with van der Waals surface area (Å²) in [6.45, 7) is 4.74. The molecule has 0 spiro atoms. The van der Waals surface area contributed by atoms with Gasteiger partial charge in [0.05, 0.1) is 22.2 Å². The van der Waals surface area contributed by atoms with E-state index in [0.29, 0.717) is 59.6 Å². The summed E-state index contributed by atoms with van der Waals surface area (Å²) in [5, 5.41) is 7.41. The number of likely N-dealkylation sites (tertiary alicyclic amines) is 1. The minimum Gasteiger partial charge on any atom is -0.486 e. The van der Waals surface area contributed by atoms with Crippen LogP contribution in [0.4, 0.5) is 17.2 Å². The average Bonchev–Trinajstić information content (AvgIpc) is 3.44. The molecule has 1 fully saturated rings. The van der Waals surface area contributed by atoms with Crippen LogP contribution in [0.25, 0.3) is 10.9 Å². The van der Waals surface area contributed by atoms with Crippen LogP contribution >= 0.6 is 11.6 Å². The summed E-state index contributed by atoms with van der Waals surface area (Å²) >= 11 is 6.47. The molecule has 0 saturated carbocycles. The van der Waals surface area contributed by atoms with Gasteiger partial charge in [0.25, 0.3) is 0 Å². The molecule has 0 bridgehead atoms. The lowest BCUT2D eigenvalue weighted by Crippen LogP contribution is -2.30. The third-order valence-corrected chi connectivity index (χ3v) is 6.54. The second kappa shape index (κ2) is 11.3. The number of fused-ring (bicyclic) bond motifs is 1. The summed E-state index contributed by atoms with van der Waals surface area (Å²) in [7, 11) is 0. The molecule has 4 aromatic rings. The van der Waals surface area contributed by atoms with Crippen molar-refractivity contribution in [1.29, 1.82) is 0 Å². The van der Waals surface area contributed by atoms with Crippen molar-refractivity contribution in [3.05, 3.63) is 90.5 Å². The molecule has 1 aliphatic heterocycles. The van der Waals surface area contributed by atoms with Gasteiger partial charge in [0.1, 0.15) is 24.5 Å². The van der Waals surface area contributed by atoms with Gasteiger partial charge in [-0.25, -0.2) is 9.97 Å². The van der Waals surface area contributed by atoms with Gasteiger partial charge < -0.3 is 20.3 Å². The number of nitrogens with zero attached hydrogens (tertiary/aromatic N) is 4. The number of carbonyl (C=O) groups is 2. The zero-order chi connectivity index (χ0) is 26.5. The molecule has 0 radical (unpaired) electrons. The van der Waals surface area contributed by atoms with Crippen LogP contribution in [0, 0.1) is 5.92 Å². The number of pyridine rings is 1. The van der Waals surface area contributed by atoms with Crippen molar-refractivity contribution in [3.8, 4) is 5.75 Å².